The third-order valence-corrected chi connectivity index (χ3v) is 4.51. The lowest BCUT2D eigenvalue weighted by molar-refractivity contribution is 0.0697. The molecule has 0 spiro atoms. The van der Waals surface area contributed by atoms with Crippen molar-refractivity contribution in [1.82, 2.24) is 0 Å². The molecular formula is C13H17NO2S. The number of benzene rings is 1. The molecule has 0 amide bonds. The molecule has 3 nitrogen and oxygen atoms in total. The van der Waals surface area contributed by atoms with Crippen LogP contribution in [-0.4, -0.2) is 16.3 Å². The van der Waals surface area contributed by atoms with Crippen LogP contribution in [0.5, 0.6) is 0 Å². The second kappa shape index (κ2) is 5.00. The number of hydrogen-bond donors (Lipinski definition) is 2. The summed E-state index contributed by atoms with van der Waals surface area (Å²) in [6, 6.07) is 3.69. The molecule has 1 saturated carbocycles. The number of rotatable bonds is 3. The molecule has 17 heavy (non-hydrogen) atoms. The molecule has 1 aromatic carbocycles. The van der Waals surface area contributed by atoms with Gasteiger partial charge in [0.25, 0.3) is 0 Å². The van der Waals surface area contributed by atoms with E-state index in [0.717, 1.165) is 10.5 Å². The van der Waals surface area contributed by atoms with Crippen molar-refractivity contribution >= 4 is 23.4 Å². The van der Waals surface area contributed by atoms with Gasteiger partial charge in [-0.2, -0.15) is 0 Å². The lowest BCUT2D eigenvalue weighted by Crippen LogP contribution is -2.05. The van der Waals surface area contributed by atoms with Crippen LogP contribution < -0.4 is 5.73 Å². The van der Waals surface area contributed by atoms with Crippen molar-refractivity contribution in [3.8, 4) is 0 Å². The molecule has 1 aromatic rings. The van der Waals surface area contributed by atoms with Crippen LogP contribution in [0.1, 0.15) is 41.6 Å². The van der Waals surface area contributed by atoms with Crippen LogP contribution in [-0.2, 0) is 0 Å². The van der Waals surface area contributed by atoms with Gasteiger partial charge in [0.15, 0.2) is 0 Å². The van der Waals surface area contributed by atoms with E-state index >= 15 is 0 Å². The van der Waals surface area contributed by atoms with E-state index in [1.165, 1.54) is 25.7 Å². The highest BCUT2D eigenvalue weighted by Crippen LogP contribution is 2.36. The van der Waals surface area contributed by atoms with Crippen molar-refractivity contribution in [2.75, 3.05) is 5.73 Å². The van der Waals surface area contributed by atoms with Gasteiger partial charge in [-0.15, -0.1) is 11.8 Å². The minimum atomic E-state index is -0.945. The van der Waals surface area contributed by atoms with Crippen LogP contribution in [0.4, 0.5) is 5.69 Å². The molecule has 1 aliphatic rings. The first-order chi connectivity index (χ1) is 8.08. The van der Waals surface area contributed by atoms with Gasteiger partial charge in [-0.05, 0) is 37.5 Å². The van der Waals surface area contributed by atoms with E-state index in [1.54, 1.807) is 17.8 Å². The van der Waals surface area contributed by atoms with Gasteiger partial charge in [-0.1, -0.05) is 12.8 Å². The van der Waals surface area contributed by atoms with Gasteiger partial charge in [0, 0.05) is 15.8 Å². The normalized spacial score (nSPS) is 16.3. The molecule has 3 N–H and O–H groups in total. The third-order valence-electron chi connectivity index (χ3n) is 3.20. The summed E-state index contributed by atoms with van der Waals surface area (Å²) in [5.41, 5.74) is 7.23. The van der Waals surface area contributed by atoms with Crippen LogP contribution >= 0.6 is 11.8 Å². The zero-order chi connectivity index (χ0) is 12.4. The summed E-state index contributed by atoms with van der Waals surface area (Å²) in [7, 11) is 0. The van der Waals surface area contributed by atoms with E-state index in [0.29, 0.717) is 10.9 Å². The van der Waals surface area contributed by atoms with Crippen LogP contribution in [0.25, 0.3) is 0 Å². The van der Waals surface area contributed by atoms with Crippen LogP contribution in [0.3, 0.4) is 0 Å². The molecule has 0 atom stereocenters. The number of hydrogen-bond acceptors (Lipinski definition) is 3. The number of thioether (sulfide) groups is 1. The quantitative estimate of drug-likeness (QED) is 0.809. The number of carboxylic acids is 1. The Bertz CT molecular complexity index is 439. The first kappa shape index (κ1) is 12.3. The maximum atomic E-state index is 11.1. The molecule has 0 saturated heterocycles. The lowest BCUT2D eigenvalue weighted by atomic mass is 10.1. The minimum Gasteiger partial charge on any atom is -0.478 e. The Balaban J connectivity index is 2.25. The van der Waals surface area contributed by atoms with Gasteiger partial charge in [0.1, 0.15) is 0 Å². The number of anilines is 1. The Kier molecular flexibility index (Phi) is 3.62. The summed E-state index contributed by atoms with van der Waals surface area (Å²) in [4.78, 5) is 12.1. The number of carbonyl (C=O) groups is 1. The van der Waals surface area contributed by atoms with Gasteiger partial charge in [0.05, 0.1) is 5.56 Å². The molecule has 0 heterocycles. The maximum Gasteiger partial charge on any atom is 0.337 e. The zero-order valence-electron chi connectivity index (χ0n) is 9.90. The largest absolute Gasteiger partial charge is 0.478 e. The Labute approximate surface area is 105 Å². The monoisotopic (exact) mass is 251 g/mol. The molecule has 2 rings (SSSR count). The predicted octanol–water partition coefficient (Wildman–Crippen LogP) is 3.31. The first-order valence-electron chi connectivity index (χ1n) is 5.88. The minimum absolute atomic E-state index is 0.227. The van der Waals surface area contributed by atoms with Crippen LogP contribution in [0.15, 0.2) is 17.0 Å². The number of nitrogen functional groups attached to an aromatic ring is 1. The molecule has 1 fully saturated rings. The third kappa shape index (κ3) is 2.75. The fourth-order valence-corrected chi connectivity index (χ4v) is 3.59. The highest BCUT2D eigenvalue weighted by atomic mass is 32.2. The molecule has 92 valence electrons. The van der Waals surface area contributed by atoms with Crippen molar-refractivity contribution in [3.63, 3.8) is 0 Å². The summed E-state index contributed by atoms with van der Waals surface area (Å²) in [6.07, 6.45) is 5.04. The standard InChI is InChI=1S/C13H17NO2S/c1-8-6-10(17-9-4-2-3-5-9)7-11(12(8)14)13(15)16/h6-7,9H,2-5,14H2,1H3,(H,15,16). The molecule has 0 bridgehead atoms. The smallest absolute Gasteiger partial charge is 0.337 e. The molecular weight excluding hydrogens is 234 g/mol. The number of nitrogens with two attached hydrogens (primary N) is 1. The molecule has 0 unspecified atom stereocenters. The average molecular weight is 251 g/mol. The van der Waals surface area contributed by atoms with Gasteiger partial charge < -0.3 is 10.8 Å². The van der Waals surface area contributed by atoms with E-state index in [2.05, 4.69) is 0 Å². The van der Waals surface area contributed by atoms with Crippen LogP contribution in [0, 0.1) is 6.92 Å². The second-order valence-electron chi connectivity index (χ2n) is 4.53. The van der Waals surface area contributed by atoms with E-state index < -0.39 is 5.97 Å². The van der Waals surface area contributed by atoms with Gasteiger partial charge in [-0.3, -0.25) is 0 Å². The number of carboxylic acid groups (broad SMARTS) is 1. The fourth-order valence-electron chi connectivity index (χ4n) is 2.21. The summed E-state index contributed by atoms with van der Waals surface area (Å²) >= 11 is 1.79. The van der Waals surface area contributed by atoms with E-state index in [-0.39, 0.29) is 5.56 Å². The van der Waals surface area contributed by atoms with Crippen molar-refractivity contribution in [1.29, 1.82) is 0 Å². The first-order valence-corrected chi connectivity index (χ1v) is 6.76. The topological polar surface area (TPSA) is 63.3 Å². The Morgan fingerprint density at radius 3 is 2.65 bits per heavy atom. The van der Waals surface area contributed by atoms with Crippen LogP contribution in [0.2, 0.25) is 0 Å². The maximum absolute atomic E-state index is 11.1. The van der Waals surface area contributed by atoms with E-state index in [9.17, 15) is 4.79 Å². The Morgan fingerprint density at radius 1 is 1.41 bits per heavy atom. The number of aromatic carboxylic acids is 1. The average Bonchev–Trinajstić information content (AvgIpc) is 2.75. The highest BCUT2D eigenvalue weighted by Gasteiger charge is 2.18. The summed E-state index contributed by atoms with van der Waals surface area (Å²) < 4.78 is 0. The lowest BCUT2D eigenvalue weighted by Gasteiger charge is -2.12. The Hall–Kier alpha value is -1.16. The van der Waals surface area contributed by atoms with E-state index in [4.69, 9.17) is 10.8 Å². The SMILES string of the molecule is Cc1cc(SC2CCCC2)cc(C(=O)O)c1N. The number of aryl methyl sites for hydroxylation is 1. The Morgan fingerprint density at radius 2 is 2.06 bits per heavy atom. The summed E-state index contributed by atoms with van der Waals surface area (Å²) in [6.45, 7) is 1.86. The molecule has 1 aliphatic carbocycles. The van der Waals surface area contributed by atoms with Crippen molar-refractivity contribution in [3.05, 3.63) is 23.3 Å². The highest BCUT2D eigenvalue weighted by molar-refractivity contribution is 8.00. The van der Waals surface area contributed by atoms with Gasteiger partial charge in [0.2, 0.25) is 0 Å². The van der Waals surface area contributed by atoms with Gasteiger partial charge in [-0.25, -0.2) is 4.79 Å². The van der Waals surface area contributed by atoms with Crippen molar-refractivity contribution in [2.24, 2.45) is 0 Å². The molecule has 0 aliphatic heterocycles. The van der Waals surface area contributed by atoms with Gasteiger partial charge >= 0.3 is 5.97 Å². The summed E-state index contributed by atoms with van der Waals surface area (Å²) in [5.74, 6) is -0.945. The van der Waals surface area contributed by atoms with E-state index in [1.807, 2.05) is 13.0 Å². The van der Waals surface area contributed by atoms with Crippen molar-refractivity contribution in [2.45, 2.75) is 42.8 Å². The van der Waals surface area contributed by atoms with Crippen molar-refractivity contribution < 1.29 is 9.90 Å². The zero-order valence-corrected chi connectivity index (χ0v) is 10.7. The molecule has 0 aromatic heterocycles. The second-order valence-corrected chi connectivity index (χ2v) is 5.90. The summed E-state index contributed by atoms with van der Waals surface area (Å²) in [5, 5.41) is 9.72. The molecule has 0 radical (unpaired) electrons. The fraction of sp³-hybridized carbons (Fsp3) is 0.462. The predicted molar refractivity (Wildman–Crippen MR) is 70.7 cm³/mol. The molecule has 4 heteroatoms.